The first-order chi connectivity index (χ1) is 17.7. The van der Waals surface area contributed by atoms with Crippen LogP contribution in [0.1, 0.15) is 62.3 Å². The first-order valence-corrected chi connectivity index (χ1v) is 12.8. The van der Waals surface area contributed by atoms with Crippen molar-refractivity contribution in [3.63, 3.8) is 0 Å². The molecule has 1 aromatic carbocycles. The van der Waals surface area contributed by atoms with Gasteiger partial charge in [0.15, 0.2) is 0 Å². The van der Waals surface area contributed by atoms with Crippen LogP contribution in [-0.2, 0) is 33.6 Å². The van der Waals surface area contributed by atoms with Crippen LogP contribution in [0.5, 0.6) is 0 Å². The van der Waals surface area contributed by atoms with Gasteiger partial charge in [0.05, 0.1) is 23.2 Å². The van der Waals surface area contributed by atoms with Crippen LogP contribution >= 0.6 is 0 Å². The van der Waals surface area contributed by atoms with Crippen molar-refractivity contribution >= 4 is 22.9 Å². The summed E-state index contributed by atoms with van der Waals surface area (Å²) in [7, 11) is 0. The Morgan fingerprint density at radius 2 is 1.84 bits per heavy atom. The van der Waals surface area contributed by atoms with Gasteiger partial charge in [-0.2, -0.15) is 13.2 Å². The van der Waals surface area contributed by atoms with Gasteiger partial charge in [0, 0.05) is 42.4 Å². The predicted molar refractivity (Wildman–Crippen MR) is 133 cm³/mol. The normalized spacial score (nSPS) is 15.7. The maximum atomic E-state index is 13.7. The van der Waals surface area contributed by atoms with E-state index in [0.29, 0.717) is 40.2 Å². The SMILES string of the molecule is CCOC(=O)Cn1cc(-c2ccc(C(F)(F)F)cc2CN(CC)C(=O)C2CC2)c2nc(C3CC3)ccc21. The van der Waals surface area contributed by atoms with Gasteiger partial charge < -0.3 is 14.2 Å². The van der Waals surface area contributed by atoms with Crippen LogP contribution < -0.4 is 0 Å². The van der Waals surface area contributed by atoms with E-state index in [-0.39, 0.29) is 31.5 Å². The lowest BCUT2D eigenvalue weighted by atomic mass is 9.97. The monoisotopic (exact) mass is 513 g/mol. The standard InChI is InChI=1S/C28H30F3N3O3/c1-3-33(27(36)18-7-8-18)14-19-13-20(28(29,30)31)9-10-21(19)22-15-34(16-25(35)37-4-2)24-12-11-23(17-5-6-17)32-26(22)24/h9-13,15,17-18H,3-8,14,16H2,1-2H3. The summed E-state index contributed by atoms with van der Waals surface area (Å²) in [5.74, 6) is -0.0882. The zero-order valence-corrected chi connectivity index (χ0v) is 21.0. The van der Waals surface area contributed by atoms with Crippen LogP contribution in [0.2, 0.25) is 0 Å². The number of carbonyl (C=O) groups excluding carboxylic acids is 2. The Bertz CT molecular complexity index is 1340. The lowest BCUT2D eigenvalue weighted by Crippen LogP contribution is -2.31. The molecule has 0 N–H and O–H groups in total. The number of benzene rings is 1. The molecule has 0 unspecified atom stereocenters. The quantitative estimate of drug-likeness (QED) is 0.333. The number of alkyl halides is 3. The van der Waals surface area contributed by atoms with E-state index < -0.39 is 17.7 Å². The molecule has 0 radical (unpaired) electrons. The average Bonchev–Trinajstić information content (AvgIpc) is 3.78. The van der Waals surface area contributed by atoms with Crippen molar-refractivity contribution in [3.8, 4) is 11.1 Å². The molecule has 3 aromatic rings. The zero-order valence-electron chi connectivity index (χ0n) is 21.0. The third-order valence-electron chi connectivity index (χ3n) is 7.05. The minimum absolute atomic E-state index is 0.0234. The van der Waals surface area contributed by atoms with Crippen LogP contribution in [-0.4, -0.2) is 39.5 Å². The summed E-state index contributed by atoms with van der Waals surface area (Å²) < 4.78 is 47.9. The van der Waals surface area contributed by atoms with E-state index in [0.717, 1.165) is 43.5 Å². The molecule has 0 saturated heterocycles. The van der Waals surface area contributed by atoms with E-state index in [9.17, 15) is 22.8 Å². The smallest absolute Gasteiger partial charge is 0.416 e. The van der Waals surface area contributed by atoms with Gasteiger partial charge in [0.2, 0.25) is 5.91 Å². The highest BCUT2D eigenvalue weighted by atomic mass is 19.4. The molecule has 0 atom stereocenters. The first kappa shape index (κ1) is 25.3. The number of hydrogen-bond acceptors (Lipinski definition) is 4. The van der Waals surface area contributed by atoms with E-state index in [1.165, 1.54) is 6.07 Å². The van der Waals surface area contributed by atoms with E-state index in [1.807, 2.05) is 19.1 Å². The highest BCUT2D eigenvalue weighted by Crippen LogP contribution is 2.42. The Balaban J connectivity index is 1.64. The fraction of sp³-hybridized carbons (Fsp3) is 0.464. The Kier molecular flexibility index (Phi) is 6.72. The maximum absolute atomic E-state index is 13.7. The number of halogens is 3. The molecule has 0 spiro atoms. The number of esters is 1. The molecule has 37 heavy (non-hydrogen) atoms. The minimum atomic E-state index is -4.51. The molecule has 0 aliphatic heterocycles. The predicted octanol–water partition coefficient (Wildman–Crippen LogP) is 5.92. The van der Waals surface area contributed by atoms with Crippen LogP contribution in [0, 0.1) is 5.92 Å². The Morgan fingerprint density at radius 3 is 2.46 bits per heavy atom. The molecule has 0 bridgehead atoms. The second kappa shape index (κ2) is 9.84. The van der Waals surface area contributed by atoms with Crippen molar-refractivity contribution in [1.82, 2.24) is 14.5 Å². The van der Waals surface area contributed by atoms with Crippen molar-refractivity contribution < 1.29 is 27.5 Å². The minimum Gasteiger partial charge on any atom is -0.465 e. The maximum Gasteiger partial charge on any atom is 0.416 e. The molecular formula is C28H30F3N3O3. The summed E-state index contributed by atoms with van der Waals surface area (Å²) in [6, 6.07) is 7.53. The molecule has 6 nitrogen and oxygen atoms in total. The molecule has 1 amide bonds. The molecule has 2 aliphatic rings. The second-order valence-electron chi connectivity index (χ2n) is 9.85. The zero-order chi connectivity index (χ0) is 26.3. The van der Waals surface area contributed by atoms with Crippen LogP contribution in [0.4, 0.5) is 13.2 Å². The molecule has 9 heteroatoms. The van der Waals surface area contributed by atoms with Crippen LogP contribution in [0.3, 0.4) is 0 Å². The number of amides is 1. The third kappa shape index (κ3) is 5.36. The Labute approximate surface area is 213 Å². The molecule has 2 aromatic heterocycles. The second-order valence-corrected chi connectivity index (χ2v) is 9.85. The van der Waals surface area contributed by atoms with Gasteiger partial charge >= 0.3 is 12.1 Å². The average molecular weight is 514 g/mol. The molecule has 2 saturated carbocycles. The molecule has 2 aliphatic carbocycles. The van der Waals surface area contributed by atoms with Gasteiger partial charge in [-0.1, -0.05) is 6.07 Å². The van der Waals surface area contributed by atoms with E-state index in [2.05, 4.69) is 0 Å². The van der Waals surface area contributed by atoms with Crippen molar-refractivity contribution in [1.29, 1.82) is 0 Å². The molecule has 196 valence electrons. The summed E-state index contributed by atoms with van der Waals surface area (Å²) in [6.07, 6.45) is 0.992. The van der Waals surface area contributed by atoms with E-state index >= 15 is 0 Å². The number of pyridine rings is 1. The summed E-state index contributed by atoms with van der Waals surface area (Å²) in [6.45, 7) is 4.25. The fourth-order valence-corrected chi connectivity index (χ4v) is 4.77. The largest absolute Gasteiger partial charge is 0.465 e. The number of carbonyl (C=O) groups is 2. The number of fused-ring (bicyclic) bond motifs is 1. The third-order valence-corrected chi connectivity index (χ3v) is 7.05. The number of hydrogen-bond donors (Lipinski definition) is 0. The van der Waals surface area contributed by atoms with Crippen molar-refractivity contribution in [2.75, 3.05) is 13.2 Å². The van der Waals surface area contributed by atoms with E-state index in [1.54, 1.807) is 22.6 Å². The molecule has 2 fully saturated rings. The summed E-state index contributed by atoms with van der Waals surface area (Å²) in [5, 5.41) is 0. The van der Waals surface area contributed by atoms with Crippen molar-refractivity contribution in [3.05, 3.63) is 53.3 Å². The number of rotatable bonds is 9. The molecule has 2 heterocycles. The van der Waals surface area contributed by atoms with Gasteiger partial charge in [-0.25, -0.2) is 0 Å². The van der Waals surface area contributed by atoms with Crippen molar-refractivity contribution in [2.45, 2.75) is 64.7 Å². The topological polar surface area (TPSA) is 64.4 Å². The number of aromatic nitrogens is 2. The van der Waals surface area contributed by atoms with E-state index in [4.69, 9.17) is 9.72 Å². The van der Waals surface area contributed by atoms with Crippen LogP contribution in [0.25, 0.3) is 22.2 Å². The lowest BCUT2D eigenvalue weighted by Gasteiger charge is -2.23. The van der Waals surface area contributed by atoms with Gasteiger partial charge in [0.1, 0.15) is 6.54 Å². The number of nitrogens with zero attached hydrogens (tertiary/aromatic N) is 3. The summed E-state index contributed by atoms with van der Waals surface area (Å²) >= 11 is 0. The highest BCUT2D eigenvalue weighted by molar-refractivity contribution is 5.95. The van der Waals surface area contributed by atoms with Gasteiger partial charge in [-0.15, -0.1) is 0 Å². The van der Waals surface area contributed by atoms with Crippen LogP contribution in [0.15, 0.2) is 36.5 Å². The van der Waals surface area contributed by atoms with Crippen molar-refractivity contribution in [2.24, 2.45) is 5.92 Å². The van der Waals surface area contributed by atoms with Gasteiger partial charge in [-0.3, -0.25) is 14.6 Å². The first-order valence-electron chi connectivity index (χ1n) is 12.8. The Hall–Kier alpha value is -3.36. The Morgan fingerprint density at radius 1 is 1.08 bits per heavy atom. The summed E-state index contributed by atoms with van der Waals surface area (Å²) in [4.78, 5) is 31.7. The highest BCUT2D eigenvalue weighted by Gasteiger charge is 2.35. The fourth-order valence-electron chi connectivity index (χ4n) is 4.77. The van der Waals surface area contributed by atoms with Gasteiger partial charge in [0.25, 0.3) is 0 Å². The van der Waals surface area contributed by atoms with Gasteiger partial charge in [-0.05, 0) is 74.9 Å². The molecular weight excluding hydrogens is 483 g/mol. The lowest BCUT2D eigenvalue weighted by molar-refractivity contribution is -0.143. The molecule has 5 rings (SSSR count). The number of ether oxygens (including phenoxy) is 1. The summed E-state index contributed by atoms with van der Waals surface area (Å²) in [5.41, 5.74) is 3.13.